The fraction of sp³-hybridized carbons (Fsp3) is 0.579. The first-order valence-electron chi connectivity index (χ1n) is 9.10. The van der Waals surface area contributed by atoms with E-state index in [1.807, 2.05) is 0 Å². The number of likely N-dealkylation sites (N-methyl/N-ethyl adjacent to an activating group) is 1. The first kappa shape index (κ1) is 17.9. The molecule has 0 bridgehead atoms. The molecular weight excluding hydrogens is 321 g/mol. The van der Waals surface area contributed by atoms with Gasteiger partial charge in [-0.1, -0.05) is 18.9 Å². The van der Waals surface area contributed by atoms with E-state index in [0.717, 1.165) is 12.8 Å². The third-order valence-corrected chi connectivity index (χ3v) is 5.43. The van der Waals surface area contributed by atoms with Crippen LogP contribution in [0.4, 0.5) is 4.39 Å². The van der Waals surface area contributed by atoms with E-state index in [9.17, 15) is 14.0 Å². The van der Waals surface area contributed by atoms with Gasteiger partial charge in [0, 0.05) is 38.8 Å². The van der Waals surface area contributed by atoms with Crippen molar-refractivity contribution in [1.82, 2.24) is 15.1 Å². The molecule has 5 nitrogen and oxygen atoms in total. The van der Waals surface area contributed by atoms with Crippen LogP contribution in [0.5, 0.6) is 0 Å². The number of halogens is 1. The Morgan fingerprint density at radius 3 is 2.44 bits per heavy atom. The molecule has 1 aliphatic carbocycles. The highest BCUT2D eigenvalue weighted by atomic mass is 19.1. The molecule has 2 amide bonds. The largest absolute Gasteiger partial charge is 0.358 e. The number of benzene rings is 1. The number of hydrogen-bond donors (Lipinski definition) is 1. The number of nitrogens with zero attached hydrogens (tertiary/aromatic N) is 2. The molecule has 6 heteroatoms. The normalized spacial score (nSPS) is 20.5. The second kappa shape index (κ2) is 7.95. The van der Waals surface area contributed by atoms with E-state index in [4.69, 9.17) is 0 Å². The van der Waals surface area contributed by atoms with Gasteiger partial charge in [0.25, 0.3) is 5.91 Å². The summed E-state index contributed by atoms with van der Waals surface area (Å²) in [6.45, 7) is 2.48. The molecule has 0 radical (unpaired) electrons. The smallest absolute Gasteiger partial charge is 0.254 e. The van der Waals surface area contributed by atoms with Crippen LogP contribution in [0.25, 0.3) is 0 Å². The summed E-state index contributed by atoms with van der Waals surface area (Å²) in [5, 5.41) is 2.80. The molecule has 1 saturated heterocycles. The topological polar surface area (TPSA) is 52.7 Å². The number of piperazine rings is 1. The quantitative estimate of drug-likeness (QED) is 0.905. The zero-order valence-electron chi connectivity index (χ0n) is 14.7. The van der Waals surface area contributed by atoms with Crippen LogP contribution in [0.1, 0.15) is 36.0 Å². The second-order valence-corrected chi connectivity index (χ2v) is 6.94. The van der Waals surface area contributed by atoms with Crippen LogP contribution in [-0.2, 0) is 4.79 Å². The van der Waals surface area contributed by atoms with Gasteiger partial charge >= 0.3 is 0 Å². The van der Waals surface area contributed by atoms with Gasteiger partial charge in [0.15, 0.2) is 0 Å². The lowest BCUT2D eigenvalue weighted by molar-refractivity contribution is -0.128. The highest BCUT2D eigenvalue weighted by Gasteiger charge is 2.36. The van der Waals surface area contributed by atoms with Crippen molar-refractivity contribution in [3.63, 3.8) is 0 Å². The number of hydrogen-bond acceptors (Lipinski definition) is 3. The minimum Gasteiger partial charge on any atom is -0.358 e. The molecule has 1 unspecified atom stereocenters. The van der Waals surface area contributed by atoms with Gasteiger partial charge in [0.2, 0.25) is 5.91 Å². The molecule has 1 N–H and O–H groups in total. The Morgan fingerprint density at radius 2 is 1.84 bits per heavy atom. The van der Waals surface area contributed by atoms with E-state index in [-0.39, 0.29) is 17.9 Å². The molecule has 136 valence electrons. The Balaban J connectivity index is 1.63. The predicted molar refractivity (Wildman–Crippen MR) is 93.7 cm³/mol. The van der Waals surface area contributed by atoms with E-state index in [0.29, 0.717) is 37.7 Å². The van der Waals surface area contributed by atoms with E-state index in [1.54, 1.807) is 24.1 Å². The van der Waals surface area contributed by atoms with Crippen LogP contribution in [-0.4, -0.2) is 60.9 Å². The molecule has 1 heterocycles. The van der Waals surface area contributed by atoms with Gasteiger partial charge in [-0.3, -0.25) is 14.5 Å². The summed E-state index contributed by atoms with van der Waals surface area (Å²) in [6, 6.07) is 5.72. The maximum absolute atomic E-state index is 13.3. The average molecular weight is 347 g/mol. The molecule has 0 aromatic heterocycles. The molecule has 2 aliphatic rings. The number of amides is 2. The SMILES string of the molecule is CNC(=O)C(C1CCCC1)N1CCN(C(=O)c2cccc(F)c2)CC1. The highest BCUT2D eigenvalue weighted by molar-refractivity contribution is 5.94. The fourth-order valence-corrected chi connectivity index (χ4v) is 4.11. The number of carbonyl (C=O) groups is 2. The van der Waals surface area contributed by atoms with Gasteiger partial charge in [-0.05, 0) is 37.0 Å². The van der Waals surface area contributed by atoms with Crippen molar-refractivity contribution >= 4 is 11.8 Å². The van der Waals surface area contributed by atoms with Crippen LogP contribution in [0, 0.1) is 11.7 Å². The third kappa shape index (κ3) is 4.00. The first-order chi connectivity index (χ1) is 12.1. The van der Waals surface area contributed by atoms with Crippen molar-refractivity contribution in [3.05, 3.63) is 35.6 Å². The third-order valence-electron chi connectivity index (χ3n) is 5.43. The van der Waals surface area contributed by atoms with Crippen LogP contribution in [0.2, 0.25) is 0 Å². The lowest BCUT2D eigenvalue weighted by Gasteiger charge is -2.40. The summed E-state index contributed by atoms with van der Waals surface area (Å²) < 4.78 is 13.3. The van der Waals surface area contributed by atoms with Gasteiger partial charge in [-0.15, -0.1) is 0 Å². The molecule has 1 aromatic carbocycles. The molecule has 1 aromatic rings. The van der Waals surface area contributed by atoms with Crippen LogP contribution in [0.3, 0.4) is 0 Å². The number of nitrogens with one attached hydrogen (secondary N) is 1. The molecule has 1 atom stereocenters. The van der Waals surface area contributed by atoms with Gasteiger partial charge in [-0.25, -0.2) is 4.39 Å². The summed E-state index contributed by atoms with van der Waals surface area (Å²) in [7, 11) is 1.69. The zero-order valence-corrected chi connectivity index (χ0v) is 14.7. The Kier molecular flexibility index (Phi) is 5.68. The summed E-state index contributed by atoms with van der Waals surface area (Å²) in [4.78, 5) is 28.9. The van der Waals surface area contributed by atoms with Gasteiger partial charge < -0.3 is 10.2 Å². The summed E-state index contributed by atoms with van der Waals surface area (Å²) >= 11 is 0. The van der Waals surface area contributed by atoms with Crippen molar-refractivity contribution in [1.29, 1.82) is 0 Å². The fourth-order valence-electron chi connectivity index (χ4n) is 4.11. The molecule has 1 saturated carbocycles. The number of carbonyl (C=O) groups excluding carboxylic acids is 2. The van der Waals surface area contributed by atoms with Crippen LogP contribution in [0.15, 0.2) is 24.3 Å². The minimum absolute atomic E-state index is 0.0804. The summed E-state index contributed by atoms with van der Waals surface area (Å²) in [5.41, 5.74) is 0.382. The van der Waals surface area contributed by atoms with Gasteiger partial charge in [0.1, 0.15) is 5.82 Å². The van der Waals surface area contributed by atoms with E-state index in [1.165, 1.54) is 25.0 Å². The van der Waals surface area contributed by atoms with Crippen LogP contribution >= 0.6 is 0 Å². The lowest BCUT2D eigenvalue weighted by Crippen LogP contribution is -2.57. The average Bonchev–Trinajstić information content (AvgIpc) is 3.16. The molecule has 25 heavy (non-hydrogen) atoms. The van der Waals surface area contributed by atoms with E-state index in [2.05, 4.69) is 10.2 Å². The first-order valence-corrected chi connectivity index (χ1v) is 9.10. The highest BCUT2D eigenvalue weighted by Crippen LogP contribution is 2.31. The van der Waals surface area contributed by atoms with E-state index >= 15 is 0 Å². The second-order valence-electron chi connectivity index (χ2n) is 6.94. The Morgan fingerprint density at radius 1 is 1.16 bits per heavy atom. The van der Waals surface area contributed by atoms with Crippen molar-refractivity contribution in [2.24, 2.45) is 5.92 Å². The number of rotatable bonds is 4. The molecule has 2 fully saturated rings. The standard InChI is InChI=1S/C19H26FN3O2/c1-21-18(24)17(14-5-2-3-6-14)22-9-11-23(12-10-22)19(25)15-7-4-8-16(20)13-15/h4,7-8,13-14,17H,2-3,5-6,9-12H2,1H3,(H,21,24). The Hall–Kier alpha value is -1.95. The molecule has 1 aliphatic heterocycles. The predicted octanol–water partition coefficient (Wildman–Crippen LogP) is 1.89. The molecular formula is C19H26FN3O2. The summed E-state index contributed by atoms with van der Waals surface area (Å²) in [6.07, 6.45) is 4.58. The monoisotopic (exact) mass is 347 g/mol. The zero-order chi connectivity index (χ0) is 17.8. The minimum atomic E-state index is -0.398. The van der Waals surface area contributed by atoms with Crippen molar-refractivity contribution in [2.75, 3.05) is 33.2 Å². The van der Waals surface area contributed by atoms with Crippen molar-refractivity contribution in [2.45, 2.75) is 31.7 Å². The maximum atomic E-state index is 13.3. The van der Waals surface area contributed by atoms with Crippen molar-refractivity contribution < 1.29 is 14.0 Å². The molecule has 0 spiro atoms. The van der Waals surface area contributed by atoms with Crippen LogP contribution < -0.4 is 5.32 Å². The maximum Gasteiger partial charge on any atom is 0.254 e. The molecule has 3 rings (SSSR count). The summed E-state index contributed by atoms with van der Waals surface area (Å²) in [5.74, 6) is -0.0517. The van der Waals surface area contributed by atoms with Crippen molar-refractivity contribution in [3.8, 4) is 0 Å². The Labute approximate surface area is 148 Å². The Bertz CT molecular complexity index is 623. The lowest BCUT2D eigenvalue weighted by atomic mass is 9.95. The van der Waals surface area contributed by atoms with Gasteiger partial charge in [0.05, 0.1) is 6.04 Å². The van der Waals surface area contributed by atoms with E-state index < -0.39 is 5.82 Å². The van der Waals surface area contributed by atoms with Gasteiger partial charge in [-0.2, -0.15) is 0 Å².